The molecule has 4 N–H and O–H groups in total. The highest BCUT2D eigenvalue weighted by Gasteiger charge is 2.15. The number of phenols is 1. The number of carbonyl (C=O) groups excluding carboxylic acids is 2. The Labute approximate surface area is 251 Å². The van der Waals surface area contributed by atoms with E-state index in [0.29, 0.717) is 55.5 Å². The van der Waals surface area contributed by atoms with E-state index in [2.05, 4.69) is 24.1 Å². The van der Waals surface area contributed by atoms with Gasteiger partial charge in [-0.15, -0.1) is 0 Å². The van der Waals surface area contributed by atoms with Crippen LogP contribution in [0.2, 0.25) is 0 Å². The van der Waals surface area contributed by atoms with Crippen LogP contribution in [0.25, 0.3) is 0 Å². The predicted octanol–water partition coefficient (Wildman–Crippen LogP) is 6.08. The quantitative estimate of drug-likeness (QED) is 0.0863. The van der Waals surface area contributed by atoms with Crippen LogP contribution in [0.4, 0.5) is 5.69 Å². The lowest BCUT2D eigenvalue weighted by Crippen LogP contribution is -2.30. The largest absolute Gasteiger partial charge is 0.504 e. The van der Waals surface area contributed by atoms with Crippen LogP contribution in [-0.2, 0) is 16.1 Å². The smallest absolute Gasteiger partial charge is 0.341 e. The number of benzene rings is 2. The van der Waals surface area contributed by atoms with Crippen molar-refractivity contribution in [2.75, 3.05) is 45.2 Å². The number of phenolic OH excluding ortho intramolecular Hbond substituents is 1. The zero-order valence-corrected chi connectivity index (χ0v) is 25.8. The molecule has 0 saturated carbocycles. The van der Waals surface area contributed by atoms with Gasteiger partial charge in [-0.25, -0.2) is 4.79 Å². The van der Waals surface area contributed by atoms with Gasteiger partial charge in [0.05, 0.1) is 13.2 Å². The van der Waals surface area contributed by atoms with E-state index in [1.807, 2.05) is 6.92 Å². The lowest BCUT2D eigenvalue weighted by atomic mass is 10.1. The summed E-state index contributed by atoms with van der Waals surface area (Å²) >= 11 is 0. The normalized spacial score (nSPS) is 11.0. The SMILES string of the molecule is CCCCCCCCC(=O)NCc1ccc(O)c(OCCCN(CC)CCOC(=O)c2ccc(N)cc2OCCC)c1. The Morgan fingerprint density at radius 3 is 2.36 bits per heavy atom. The number of nitrogens with two attached hydrogens (primary N) is 1. The first-order valence-electron chi connectivity index (χ1n) is 15.5. The first kappa shape index (κ1) is 34.7. The average molecular weight is 586 g/mol. The first-order valence-corrected chi connectivity index (χ1v) is 15.5. The van der Waals surface area contributed by atoms with Crippen LogP contribution < -0.4 is 20.5 Å². The Kier molecular flexibility index (Phi) is 16.9. The number of nitrogens with one attached hydrogen (secondary N) is 1. The molecule has 0 fully saturated rings. The summed E-state index contributed by atoms with van der Waals surface area (Å²) in [5, 5.41) is 13.2. The van der Waals surface area contributed by atoms with Gasteiger partial charge in [-0.3, -0.25) is 4.79 Å². The second-order valence-corrected chi connectivity index (χ2v) is 10.5. The fraction of sp³-hybridized carbons (Fsp3) is 0.576. The summed E-state index contributed by atoms with van der Waals surface area (Å²) in [7, 11) is 0. The Balaban J connectivity index is 1.70. The van der Waals surface area contributed by atoms with Gasteiger partial charge in [0.1, 0.15) is 17.9 Å². The number of likely N-dealkylation sites (N-methyl/N-ethyl adjacent to an activating group) is 1. The molecule has 0 saturated heterocycles. The van der Waals surface area contributed by atoms with E-state index < -0.39 is 5.97 Å². The van der Waals surface area contributed by atoms with E-state index in [9.17, 15) is 14.7 Å². The van der Waals surface area contributed by atoms with Crippen molar-refractivity contribution >= 4 is 17.6 Å². The predicted molar refractivity (Wildman–Crippen MR) is 167 cm³/mol. The zero-order chi connectivity index (χ0) is 30.6. The molecule has 2 aromatic carbocycles. The Bertz CT molecular complexity index is 1080. The zero-order valence-electron chi connectivity index (χ0n) is 25.8. The number of rotatable bonds is 22. The summed E-state index contributed by atoms with van der Waals surface area (Å²) in [4.78, 5) is 27.0. The van der Waals surface area contributed by atoms with Crippen molar-refractivity contribution in [2.24, 2.45) is 0 Å². The molecule has 0 atom stereocenters. The maximum absolute atomic E-state index is 12.6. The molecule has 0 unspecified atom stereocenters. The molecule has 1 amide bonds. The van der Waals surface area contributed by atoms with Crippen molar-refractivity contribution in [3.05, 3.63) is 47.5 Å². The number of aromatic hydroxyl groups is 1. The third-order valence-electron chi connectivity index (χ3n) is 6.92. The summed E-state index contributed by atoms with van der Waals surface area (Å²) in [6.45, 7) is 9.93. The summed E-state index contributed by atoms with van der Waals surface area (Å²) in [6, 6.07) is 10.1. The first-order chi connectivity index (χ1) is 20.4. The molecule has 0 aliphatic carbocycles. The summed E-state index contributed by atoms with van der Waals surface area (Å²) < 4.78 is 17.0. The summed E-state index contributed by atoms with van der Waals surface area (Å²) in [5.41, 5.74) is 7.62. The number of nitrogen functional groups attached to an aromatic ring is 1. The van der Waals surface area contributed by atoms with Crippen LogP contribution in [0.15, 0.2) is 36.4 Å². The van der Waals surface area contributed by atoms with E-state index in [0.717, 1.165) is 44.3 Å². The van der Waals surface area contributed by atoms with Crippen molar-refractivity contribution in [3.63, 3.8) is 0 Å². The van der Waals surface area contributed by atoms with E-state index in [1.54, 1.807) is 36.4 Å². The molecule has 0 aliphatic heterocycles. The fourth-order valence-electron chi connectivity index (χ4n) is 4.42. The van der Waals surface area contributed by atoms with E-state index in [4.69, 9.17) is 19.9 Å². The highest BCUT2D eigenvalue weighted by molar-refractivity contribution is 5.93. The van der Waals surface area contributed by atoms with Crippen LogP contribution >= 0.6 is 0 Å². The number of carbonyl (C=O) groups is 2. The summed E-state index contributed by atoms with van der Waals surface area (Å²) in [6.07, 6.45) is 8.99. The van der Waals surface area contributed by atoms with Gasteiger partial charge in [0.15, 0.2) is 11.5 Å². The minimum atomic E-state index is -0.436. The summed E-state index contributed by atoms with van der Waals surface area (Å²) in [5.74, 6) is 0.523. The van der Waals surface area contributed by atoms with Gasteiger partial charge in [-0.2, -0.15) is 0 Å². The molecule has 0 aliphatic rings. The van der Waals surface area contributed by atoms with Gasteiger partial charge >= 0.3 is 5.97 Å². The number of hydrogen-bond donors (Lipinski definition) is 3. The molecule has 2 rings (SSSR count). The van der Waals surface area contributed by atoms with E-state index >= 15 is 0 Å². The molecule has 42 heavy (non-hydrogen) atoms. The van der Waals surface area contributed by atoms with Gasteiger partial charge in [-0.1, -0.05) is 58.9 Å². The number of hydrogen-bond acceptors (Lipinski definition) is 8. The van der Waals surface area contributed by atoms with Crippen molar-refractivity contribution in [3.8, 4) is 17.2 Å². The van der Waals surface area contributed by atoms with Crippen molar-refractivity contribution < 1.29 is 28.9 Å². The lowest BCUT2D eigenvalue weighted by Gasteiger charge is -2.20. The molecule has 0 spiro atoms. The Hall–Kier alpha value is -3.46. The highest BCUT2D eigenvalue weighted by atomic mass is 16.5. The minimum absolute atomic E-state index is 0.0464. The second kappa shape index (κ2) is 20.4. The number of ether oxygens (including phenoxy) is 3. The van der Waals surface area contributed by atoms with Gasteiger partial charge in [0.25, 0.3) is 0 Å². The lowest BCUT2D eigenvalue weighted by molar-refractivity contribution is -0.121. The molecule has 9 nitrogen and oxygen atoms in total. The highest BCUT2D eigenvalue weighted by Crippen LogP contribution is 2.27. The van der Waals surface area contributed by atoms with Gasteiger partial charge in [0, 0.05) is 37.8 Å². The third-order valence-corrected chi connectivity index (χ3v) is 6.92. The fourth-order valence-corrected chi connectivity index (χ4v) is 4.42. The Morgan fingerprint density at radius 2 is 1.60 bits per heavy atom. The molecular formula is C33H51N3O6. The number of unbranched alkanes of at least 4 members (excludes halogenated alkanes) is 5. The maximum Gasteiger partial charge on any atom is 0.341 e. The molecular weight excluding hydrogens is 534 g/mol. The van der Waals surface area contributed by atoms with E-state index in [-0.39, 0.29) is 18.3 Å². The van der Waals surface area contributed by atoms with Crippen molar-refractivity contribution in [1.82, 2.24) is 10.2 Å². The Morgan fingerprint density at radius 1 is 0.833 bits per heavy atom. The number of anilines is 1. The molecule has 0 aromatic heterocycles. The maximum atomic E-state index is 12.6. The molecule has 9 heteroatoms. The third kappa shape index (κ3) is 13.5. The van der Waals surface area contributed by atoms with Gasteiger partial charge < -0.3 is 35.3 Å². The average Bonchev–Trinajstić information content (AvgIpc) is 2.99. The minimum Gasteiger partial charge on any atom is -0.504 e. The van der Waals surface area contributed by atoms with Crippen LogP contribution in [-0.4, -0.2) is 61.3 Å². The van der Waals surface area contributed by atoms with Crippen LogP contribution in [0.3, 0.4) is 0 Å². The van der Waals surface area contributed by atoms with Crippen LogP contribution in [0, 0.1) is 0 Å². The number of esters is 1. The molecule has 0 radical (unpaired) electrons. The van der Waals surface area contributed by atoms with Crippen molar-refractivity contribution in [2.45, 2.75) is 85.1 Å². The second-order valence-electron chi connectivity index (χ2n) is 10.5. The number of nitrogens with zero attached hydrogens (tertiary/aromatic N) is 1. The van der Waals surface area contributed by atoms with Crippen LogP contribution in [0.5, 0.6) is 17.2 Å². The molecule has 234 valence electrons. The topological polar surface area (TPSA) is 123 Å². The molecule has 2 aromatic rings. The monoisotopic (exact) mass is 585 g/mol. The molecule has 0 heterocycles. The van der Waals surface area contributed by atoms with Gasteiger partial charge in [-0.05, 0) is 55.6 Å². The van der Waals surface area contributed by atoms with Gasteiger partial charge in [0.2, 0.25) is 5.91 Å². The van der Waals surface area contributed by atoms with E-state index in [1.165, 1.54) is 25.7 Å². The standard InChI is InChI=1S/C33H51N3O6/c1-4-7-8-9-10-11-13-32(38)35-25-26-14-17-29(37)31(23-26)41-21-12-18-36(6-3)19-22-42-33(39)28-16-15-27(34)24-30(28)40-20-5-2/h14-17,23-24,37H,4-13,18-22,25,34H2,1-3H3,(H,35,38). The van der Waals surface area contributed by atoms with Crippen LogP contribution in [0.1, 0.15) is 94.5 Å². The van der Waals surface area contributed by atoms with Crippen molar-refractivity contribution in [1.29, 1.82) is 0 Å². The molecule has 0 bridgehead atoms. The number of amides is 1.